The van der Waals surface area contributed by atoms with Gasteiger partial charge in [-0.25, -0.2) is 4.98 Å². The molecular formula is C35H28N2. The van der Waals surface area contributed by atoms with Crippen LogP contribution in [0.2, 0.25) is 0 Å². The lowest BCUT2D eigenvalue weighted by molar-refractivity contribution is 0.514. The second-order valence-corrected chi connectivity index (χ2v) is 9.20. The molecule has 0 aliphatic rings. The zero-order valence-corrected chi connectivity index (χ0v) is 20.8. The number of fused-ring (bicyclic) bond motifs is 1. The fourth-order valence-corrected chi connectivity index (χ4v) is 5.53. The highest BCUT2D eigenvalue weighted by molar-refractivity contribution is 5.97. The van der Waals surface area contributed by atoms with Gasteiger partial charge in [-0.15, -0.1) is 0 Å². The van der Waals surface area contributed by atoms with Crippen molar-refractivity contribution in [2.75, 3.05) is 0 Å². The second-order valence-electron chi connectivity index (χ2n) is 9.20. The van der Waals surface area contributed by atoms with Crippen LogP contribution in [0.25, 0.3) is 16.3 Å². The van der Waals surface area contributed by atoms with Crippen molar-refractivity contribution < 1.29 is 0 Å². The standard InChI is InChI=1S/C35H28N2/c1-2-31(33-24-14-16-27-15-12-13-23-32(27)33)34-25-37(26-36-34)35(28-17-6-3-7-18-28,29-19-8-4-9-20-29)30-21-10-5-11-22-30/h2-26H,1H3/b31-2-. The van der Waals surface area contributed by atoms with Crippen LogP contribution in [0.5, 0.6) is 0 Å². The summed E-state index contributed by atoms with van der Waals surface area (Å²) >= 11 is 0. The van der Waals surface area contributed by atoms with E-state index in [1.807, 2.05) is 6.33 Å². The first-order chi connectivity index (χ1) is 18.3. The number of nitrogens with zero attached hydrogens (tertiary/aromatic N) is 2. The summed E-state index contributed by atoms with van der Waals surface area (Å²) in [5, 5.41) is 2.46. The minimum atomic E-state index is -0.577. The van der Waals surface area contributed by atoms with Gasteiger partial charge in [0.25, 0.3) is 0 Å². The molecule has 37 heavy (non-hydrogen) atoms. The Morgan fingerprint density at radius 3 is 1.70 bits per heavy atom. The van der Waals surface area contributed by atoms with E-state index in [1.165, 1.54) is 33.0 Å². The van der Waals surface area contributed by atoms with Crippen LogP contribution in [0.4, 0.5) is 0 Å². The minimum Gasteiger partial charge on any atom is -0.318 e. The molecule has 0 fully saturated rings. The third kappa shape index (κ3) is 3.88. The fraction of sp³-hybridized carbons (Fsp3) is 0.0571. The van der Waals surface area contributed by atoms with E-state index >= 15 is 0 Å². The maximum atomic E-state index is 5.01. The monoisotopic (exact) mass is 476 g/mol. The van der Waals surface area contributed by atoms with E-state index in [1.54, 1.807) is 0 Å². The number of imidazole rings is 1. The normalized spacial score (nSPS) is 12.1. The summed E-state index contributed by atoms with van der Waals surface area (Å²) in [6.45, 7) is 2.09. The van der Waals surface area contributed by atoms with Crippen LogP contribution in [0, 0.1) is 0 Å². The maximum absolute atomic E-state index is 5.01. The maximum Gasteiger partial charge on any atom is 0.121 e. The van der Waals surface area contributed by atoms with Crippen molar-refractivity contribution >= 4 is 16.3 Å². The van der Waals surface area contributed by atoms with Crippen LogP contribution in [0.15, 0.2) is 152 Å². The Balaban J connectivity index is 1.60. The predicted octanol–water partition coefficient (Wildman–Crippen LogP) is 8.33. The quantitative estimate of drug-likeness (QED) is 0.221. The van der Waals surface area contributed by atoms with Crippen LogP contribution in [-0.2, 0) is 5.54 Å². The van der Waals surface area contributed by atoms with Crippen molar-refractivity contribution in [2.24, 2.45) is 0 Å². The topological polar surface area (TPSA) is 17.8 Å². The number of hydrogen-bond acceptors (Lipinski definition) is 1. The molecule has 0 bridgehead atoms. The number of allylic oxidation sites excluding steroid dienone is 1. The van der Waals surface area contributed by atoms with Crippen LogP contribution in [-0.4, -0.2) is 9.55 Å². The molecular weight excluding hydrogens is 448 g/mol. The summed E-state index contributed by atoms with van der Waals surface area (Å²) in [6, 6.07) is 47.2. The van der Waals surface area contributed by atoms with Gasteiger partial charge < -0.3 is 4.57 Å². The number of aromatic nitrogens is 2. The number of benzene rings is 5. The molecule has 2 nitrogen and oxygen atoms in total. The van der Waals surface area contributed by atoms with Gasteiger partial charge in [0.1, 0.15) is 5.54 Å². The average molecular weight is 477 g/mol. The fourth-order valence-electron chi connectivity index (χ4n) is 5.53. The molecule has 0 saturated carbocycles. The third-order valence-electron chi connectivity index (χ3n) is 7.19. The summed E-state index contributed by atoms with van der Waals surface area (Å²) in [4.78, 5) is 5.01. The lowest BCUT2D eigenvalue weighted by Gasteiger charge is -2.37. The Kier molecular flexibility index (Phi) is 6.00. The molecule has 0 radical (unpaired) electrons. The van der Waals surface area contributed by atoms with E-state index in [2.05, 4.69) is 157 Å². The molecule has 0 aliphatic carbocycles. The second kappa shape index (κ2) is 9.75. The lowest BCUT2D eigenvalue weighted by atomic mass is 9.76. The van der Waals surface area contributed by atoms with E-state index in [0.717, 1.165) is 11.3 Å². The van der Waals surface area contributed by atoms with E-state index in [0.29, 0.717) is 0 Å². The van der Waals surface area contributed by atoms with Crippen molar-refractivity contribution in [3.05, 3.63) is 180 Å². The van der Waals surface area contributed by atoms with Gasteiger partial charge in [0.15, 0.2) is 0 Å². The molecule has 0 aliphatic heterocycles. The highest BCUT2D eigenvalue weighted by atomic mass is 15.1. The van der Waals surface area contributed by atoms with Crippen LogP contribution >= 0.6 is 0 Å². The highest BCUT2D eigenvalue weighted by Gasteiger charge is 2.38. The van der Waals surface area contributed by atoms with Crippen LogP contribution in [0.3, 0.4) is 0 Å². The zero-order valence-electron chi connectivity index (χ0n) is 20.8. The van der Waals surface area contributed by atoms with Gasteiger partial charge in [-0.2, -0.15) is 0 Å². The molecule has 6 rings (SSSR count). The van der Waals surface area contributed by atoms with Crippen LogP contribution < -0.4 is 0 Å². The molecule has 0 spiro atoms. The molecule has 1 aromatic heterocycles. The Labute approximate surface area is 218 Å². The molecule has 178 valence electrons. The van der Waals surface area contributed by atoms with Gasteiger partial charge >= 0.3 is 0 Å². The summed E-state index contributed by atoms with van der Waals surface area (Å²) in [7, 11) is 0. The van der Waals surface area contributed by atoms with Crippen molar-refractivity contribution in [2.45, 2.75) is 12.5 Å². The molecule has 0 saturated heterocycles. The Morgan fingerprint density at radius 1 is 0.622 bits per heavy atom. The number of hydrogen-bond donors (Lipinski definition) is 0. The third-order valence-corrected chi connectivity index (χ3v) is 7.19. The van der Waals surface area contributed by atoms with Gasteiger partial charge in [-0.3, -0.25) is 0 Å². The smallest absolute Gasteiger partial charge is 0.121 e. The SMILES string of the molecule is C/C=C(\c1cn(C(c2ccccc2)(c2ccccc2)c2ccccc2)cn1)c1cccc2ccccc12. The molecule has 0 atom stereocenters. The minimum absolute atomic E-state index is 0.577. The molecule has 0 N–H and O–H groups in total. The molecule has 2 heteroatoms. The van der Waals surface area contributed by atoms with Gasteiger partial charge in [0.2, 0.25) is 0 Å². The zero-order chi connectivity index (χ0) is 25.1. The Bertz CT molecular complexity index is 1560. The van der Waals surface area contributed by atoms with Gasteiger partial charge in [0.05, 0.1) is 12.0 Å². The predicted molar refractivity (Wildman–Crippen MR) is 154 cm³/mol. The van der Waals surface area contributed by atoms with Crippen LogP contribution in [0.1, 0.15) is 34.9 Å². The summed E-state index contributed by atoms with van der Waals surface area (Å²) < 4.78 is 2.27. The first-order valence-electron chi connectivity index (χ1n) is 12.7. The van der Waals surface area contributed by atoms with Crippen molar-refractivity contribution in [1.29, 1.82) is 0 Å². The van der Waals surface area contributed by atoms with Gasteiger partial charge in [0, 0.05) is 11.8 Å². The van der Waals surface area contributed by atoms with E-state index in [4.69, 9.17) is 4.98 Å². The molecule has 5 aromatic carbocycles. The summed E-state index contributed by atoms with van der Waals surface area (Å²) in [5.74, 6) is 0. The Morgan fingerprint density at radius 2 is 1.14 bits per heavy atom. The Hall–Kier alpha value is -4.69. The first-order valence-corrected chi connectivity index (χ1v) is 12.7. The van der Waals surface area contributed by atoms with Gasteiger partial charge in [-0.05, 0) is 39.9 Å². The van der Waals surface area contributed by atoms with Crippen molar-refractivity contribution in [1.82, 2.24) is 9.55 Å². The largest absolute Gasteiger partial charge is 0.318 e. The summed E-state index contributed by atoms with van der Waals surface area (Å²) in [6.07, 6.45) is 6.35. The number of rotatable bonds is 6. The molecule has 0 amide bonds. The molecule has 1 heterocycles. The first kappa shape index (κ1) is 22.8. The lowest BCUT2D eigenvalue weighted by Crippen LogP contribution is -2.36. The van der Waals surface area contributed by atoms with Crippen molar-refractivity contribution in [3.8, 4) is 0 Å². The highest BCUT2D eigenvalue weighted by Crippen LogP contribution is 2.41. The van der Waals surface area contributed by atoms with Gasteiger partial charge in [-0.1, -0.05) is 140 Å². The summed E-state index contributed by atoms with van der Waals surface area (Å²) in [5.41, 5.74) is 6.24. The van der Waals surface area contributed by atoms with E-state index in [9.17, 15) is 0 Å². The van der Waals surface area contributed by atoms with E-state index < -0.39 is 5.54 Å². The molecule has 6 aromatic rings. The molecule has 0 unspecified atom stereocenters. The van der Waals surface area contributed by atoms with E-state index in [-0.39, 0.29) is 0 Å². The average Bonchev–Trinajstić information content (AvgIpc) is 3.46. The van der Waals surface area contributed by atoms with Crippen molar-refractivity contribution in [3.63, 3.8) is 0 Å².